The molecule has 2 heterocycles. The number of benzene rings is 2. The molecular weight excluding hydrogens is 456 g/mol. The van der Waals surface area contributed by atoms with Crippen LogP contribution in [0.15, 0.2) is 61.2 Å². The van der Waals surface area contributed by atoms with Crippen LogP contribution < -0.4 is 20.1 Å². The lowest BCUT2D eigenvalue weighted by Crippen LogP contribution is -2.13. The van der Waals surface area contributed by atoms with E-state index >= 15 is 0 Å². The summed E-state index contributed by atoms with van der Waals surface area (Å²) in [4.78, 5) is 25.4. The second-order valence-corrected chi connectivity index (χ2v) is 7.69. The SMILES string of the molecule is CNc1nc(Nc2ccc(-n3cnc(C)c3)c(OC)c2)ncc1OCC(=O)c1ccccc1Cl. The lowest BCUT2D eigenvalue weighted by molar-refractivity contribution is 0.0922. The molecular formula is C24H23ClN6O3. The van der Waals surface area contributed by atoms with Gasteiger partial charge in [0, 0.05) is 30.6 Å². The zero-order valence-corrected chi connectivity index (χ0v) is 19.6. The first-order chi connectivity index (χ1) is 16.5. The molecule has 10 heteroatoms. The lowest BCUT2D eigenvalue weighted by atomic mass is 10.1. The standard InChI is InChI=1S/C24H23ClN6O3/c1-15-12-31(14-28-15)19-9-8-16(10-21(19)33-3)29-24-27-11-22(23(26-2)30-24)34-13-20(32)17-6-4-5-7-18(17)25/h4-12,14H,13H2,1-3H3,(H2,26,27,29,30). The monoisotopic (exact) mass is 478 g/mol. The first kappa shape index (κ1) is 23.1. The minimum atomic E-state index is -0.241. The highest BCUT2D eigenvalue weighted by Gasteiger charge is 2.14. The number of ether oxygens (including phenoxy) is 2. The Kier molecular flexibility index (Phi) is 6.93. The van der Waals surface area contributed by atoms with Crippen molar-refractivity contribution in [2.75, 3.05) is 31.4 Å². The Hall–Kier alpha value is -4.11. The molecule has 0 radical (unpaired) electrons. The van der Waals surface area contributed by atoms with Gasteiger partial charge in [-0.3, -0.25) is 4.79 Å². The molecule has 174 valence electrons. The van der Waals surface area contributed by atoms with Crippen molar-refractivity contribution in [3.8, 4) is 17.2 Å². The third-order valence-electron chi connectivity index (χ3n) is 4.95. The van der Waals surface area contributed by atoms with E-state index < -0.39 is 0 Å². The molecule has 9 nitrogen and oxygen atoms in total. The summed E-state index contributed by atoms with van der Waals surface area (Å²) in [7, 11) is 3.32. The first-order valence-electron chi connectivity index (χ1n) is 10.4. The van der Waals surface area contributed by atoms with E-state index in [4.69, 9.17) is 21.1 Å². The number of imidazole rings is 1. The summed E-state index contributed by atoms with van der Waals surface area (Å²) in [5.41, 5.74) is 2.91. The highest BCUT2D eigenvalue weighted by Crippen LogP contribution is 2.29. The van der Waals surface area contributed by atoms with Crippen LogP contribution in [0, 0.1) is 6.92 Å². The van der Waals surface area contributed by atoms with Crippen LogP contribution in [0.2, 0.25) is 5.02 Å². The molecule has 2 aromatic heterocycles. The van der Waals surface area contributed by atoms with Gasteiger partial charge in [0.25, 0.3) is 0 Å². The number of carbonyl (C=O) groups is 1. The molecule has 0 aliphatic heterocycles. The second kappa shape index (κ2) is 10.2. The van der Waals surface area contributed by atoms with Gasteiger partial charge in [-0.05, 0) is 31.2 Å². The predicted molar refractivity (Wildman–Crippen MR) is 131 cm³/mol. The van der Waals surface area contributed by atoms with E-state index in [1.807, 2.05) is 35.9 Å². The molecule has 0 unspecified atom stereocenters. The average Bonchev–Trinajstić information content (AvgIpc) is 3.29. The van der Waals surface area contributed by atoms with Gasteiger partial charge in [-0.25, -0.2) is 9.97 Å². The number of carbonyl (C=O) groups excluding carboxylic acids is 1. The first-order valence-corrected chi connectivity index (χ1v) is 10.8. The van der Waals surface area contributed by atoms with Crippen LogP contribution in [0.3, 0.4) is 0 Å². The Bertz CT molecular complexity index is 1320. The molecule has 2 aromatic carbocycles. The molecule has 0 saturated heterocycles. The number of anilines is 3. The lowest BCUT2D eigenvalue weighted by Gasteiger charge is -2.14. The summed E-state index contributed by atoms with van der Waals surface area (Å²) in [6.07, 6.45) is 5.15. The van der Waals surface area contributed by atoms with E-state index in [0.717, 1.165) is 17.1 Å². The van der Waals surface area contributed by atoms with Crippen molar-refractivity contribution in [1.29, 1.82) is 0 Å². The van der Waals surface area contributed by atoms with Gasteiger partial charge in [0.15, 0.2) is 18.2 Å². The van der Waals surface area contributed by atoms with Gasteiger partial charge in [0.1, 0.15) is 5.75 Å². The maximum Gasteiger partial charge on any atom is 0.229 e. The summed E-state index contributed by atoms with van der Waals surface area (Å²) in [5.74, 6) is 1.55. The third-order valence-corrected chi connectivity index (χ3v) is 5.28. The van der Waals surface area contributed by atoms with Crippen molar-refractivity contribution in [2.24, 2.45) is 0 Å². The summed E-state index contributed by atoms with van der Waals surface area (Å²) < 4.78 is 13.1. The molecule has 0 aliphatic carbocycles. The number of ketones is 1. The van der Waals surface area contributed by atoms with Crippen LogP contribution in [0.1, 0.15) is 16.1 Å². The topological polar surface area (TPSA) is 103 Å². The number of halogens is 1. The van der Waals surface area contributed by atoms with Crippen molar-refractivity contribution >= 4 is 34.8 Å². The Balaban J connectivity index is 1.48. The van der Waals surface area contributed by atoms with E-state index in [-0.39, 0.29) is 12.4 Å². The largest absolute Gasteiger partial charge is 0.494 e. The number of aromatic nitrogens is 4. The molecule has 2 N–H and O–H groups in total. The molecule has 0 saturated carbocycles. The zero-order chi connectivity index (χ0) is 24.1. The minimum absolute atomic E-state index is 0.194. The summed E-state index contributed by atoms with van der Waals surface area (Å²) in [5, 5.41) is 6.50. The summed E-state index contributed by atoms with van der Waals surface area (Å²) in [6.45, 7) is 1.73. The fourth-order valence-corrected chi connectivity index (χ4v) is 3.52. The van der Waals surface area contributed by atoms with Crippen LogP contribution in [-0.4, -0.2) is 46.1 Å². The molecule has 4 aromatic rings. The smallest absolute Gasteiger partial charge is 0.229 e. The maximum atomic E-state index is 12.4. The number of hydrogen-bond donors (Lipinski definition) is 2. The number of rotatable bonds is 9. The van der Waals surface area contributed by atoms with Crippen molar-refractivity contribution < 1.29 is 14.3 Å². The molecule has 0 atom stereocenters. The van der Waals surface area contributed by atoms with Crippen LogP contribution in [0.4, 0.5) is 17.5 Å². The van der Waals surface area contributed by atoms with Crippen molar-refractivity contribution in [3.63, 3.8) is 0 Å². The van der Waals surface area contributed by atoms with E-state index in [2.05, 4.69) is 25.6 Å². The van der Waals surface area contributed by atoms with Crippen LogP contribution >= 0.6 is 11.6 Å². The van der Waals surface area contributed by atoms with E-state index in [0.29, 0.717) is 33.9 Å². The number of methoxy groups -OCH3 is 1. The maximum absolute atomic E-state index is 12.4. The van der Waals surface area contributed by atoms with Gasteiger partial charge in [0.05, 0.1) is 36.0 Å². The minimum Gasteiger partial charge on any atom is -0.494 e. The van der Waals surface area contributed by atoms with Gasteiger partial charge in [0.2, 0.25) is 11.7 Å². The summed E-state index contributed by atoms with van der Waals surface area (Å²) >= 11 is 6.09. The van der Waals surface area contributed by atoms with Crippen molar-refractivity contribution in [3.05, 3.63) is 77.5 Å². The Morgan fingerprint density at radius 1 is 1.15 bits per heavy atom. The van der Waals surface area contributed by atoms with Crippen LogP contribution in [0.25, 0.3) is 5.69 Å². The number of nitrogens with one attached hydrogen (secondary N) is 2. The second-order valence-electron chi connectivity index (χ2n) is 7.28. The van der Waals surface area contributed by atoms with Gasteiger partial charge in [-0.1, -0.05) is 23.7 Å². The number of aryl methyl sites for hydroxylation is 1. The van der Waals surface area contributed by atoms with Crippen LogP contribution in [0.5, 0.6) is 11.5 Å². The molecule has 0 bridgehead atoms. The highest BCUT2D eigenvalue weighted by molar-refractivity contribution is 6.34. The van der Waals surface area contributed by atoms with Crippen molar-refractivity contribution in [1.82, 2.24) is 19.5 Å². The fraction of sp³-hybridized carbons (Fsp3) is 0.167. The Morgan fingerprint density at radius 2 is 1.97 bits per heavy atom. The molecule has 0 spiro atoms. The van der Waals surface area contributed by atoms with E-state index in [1.165, 1.54) is 6.20 Å². The highest BCUT2D eigenvalue weighted by atomic mass is 35.5. The summed E-state index contributed by atoms with van der Waals surface area (Å²) in [6, 6.07) is 12.5. The normalized spacial score (nSPS) is 10.6. The van der Waals surface area contributed by atoms with E-state index in [9.17, 15) is 4.79 Å². The average molecular weight is 479 g/mol. The number of Topliss-reactive ketones (excluding diaryl/α,β-unsaturated/α-hetero) is 1. The van der Waals surface area contributed by atoms with Crippen LogP contribution in [-0.2, 0) is 0 Å². The van der Waals surface area contributed by atoms with Crippen molar-refractivity contribution in [2.45, 2.75) is 6.92 Å². The fourth-order valence-electron chi connectivity index (χ4n) is 3.27. The van der Waals surface area contributed by atoms with Gasteiger partial charge in [-0.15, -0.1) is 0 Å². The van der Waals surface area contributed by atoms with E-state index in [1.54, 1.807) is 44.8 Å². The Morgan fingerprint density at radius 3 is 2.68 bits per heavy atom. The number of nitrogens with zero attached hydrogens (tertiary/aromatic N) is 4. The molecule has 0 fully saturated rings. The number of hydrogen-bond acceptors (Lipinski definition) is 8. The molecule has 4 rings (SSSR count). The zero-order valence-electron chi connectivity index (χ0n) is 18.9. The third kappa shape index (κ3) is 5.10. The molecule has 0 aliphatic rings. The van der Waals surface area contributed by atoms with Gasteiger partial charge < -0.3 is 24.7 Å². The molecule has 0 amide bonds. The quantitative estimate of drug-likeness (QED) is 0.334. The predicted octanol–water partition coefficient (Wildman–Crippen LogP) is 4.68. The Labute approximate surface area is 201 Å². The molecule has 34 heavy (non-hydrogen) atoms. The van der Waals surface area contributed by atoms with Gasteiger partial charge >= 0.3 is 0 Å². The van der Waals surface area contributed by atoms with Gasteiger partial charge in [-0.2, -0.15) is 4.98 Å².